The third-order valence-corrected chi connectivity index (χ3v) is 10.1. The summed E-state index contributed by atoms with van der Waals surface area (Å²) in [7, 11) is 2.18. The molecule has 6 aromatic rings. The van der Waals surface area contributed by atoms with Gasteiger partial charge in [-0.1, -0.05) is 252 Å². The summed E-state index contributed by atoms with van der Waals surface area (Å²) in [4.78, 5) is 2.36. The summed E-state index contributed by atoms with van der Waals surface area (Å²) in [5.74, 6) is 0. The van der Waals surface area contributed by atoms with Gasteiger partial charge in [-0.2, -0.15) is 0 Å². The average molecular weight is 796 g/mol. The summed E-state index contributed by atoms with van der Waals surface area (Å²) in [5.41, 5.74) is 18.5. The van der Waals surface area contributed by atoms with Gasteiger partial charge in [0, 0.05) is 6.54 Å². The first-order valence-electron chi connectivity index (χ1n) is 21.9. The van der Waals surface area contributed by atoms with Crippen molar-refractivity contribution in [2.24, 2.45) is 0 Å². The Kier molecular flexibility index (Phi) is 28.2. The summed E-state index contributed by atoms with van der Waals surface area (Å²) < 4.78 is 0. The van der Waals surface area contributed by atoms with Gasteiger partial charge in [-0.3, -0.25) is 0 Å². The van der Waals surface area contributed by atoms with E-state index < -0.39 is 0 Å². The van der Waals surface area contributed by atoms with Crippen LogP contribution in [0.2, 0.25) is 0 Å². The summed E-state index contributed by atoms with van der Waals surface area (Å²) in [6.45, 7) is 28.3. The highest BCUT2D eigenvalue weighted by Gasteiger charge is 2.49. The molecule has 6 aromatic carbocycles. The van der Waals surface area contributed by atoms with Gasteiger partial charge in [-0.15, -0.1) is 0 Å². The van der Waals surface area contributed by atoms with E-state index in [1.165, 1.54) is 72.3 Å². The van der Waals surface area contributed by atoms with E-state index in [0.29, 0.717) is 0 Å². The molecule has 0 saturated carbocycles. The first kappa shape index (κ1) is 56.4. The maximum Gasteiger partial charge on any atom is 0.0719 e. The van der Waals surface area contributed by atoms with E-state index in [1.807, 2.05) is 83.1 Å². The lowest BCUT2D eigenvalue weighted by molar-refractivity contribution is 0.346. The smallest absolute Gasteiger partial charge is 0.0719 e. The molecule has 1 spiro atoms. The Morgan fingerprint density at radius 1 is 0.390 bits per heavy atom. The Morgan fingerprint density at radius 2 is 0.729 bits per heavy atom. The van der Waals surface area contributed by atoms with Crippen molar-refractivity contribution in [2.75, 3.05) is 13.6 Å². The van der Waals surface area contributed by atoms with Crippen molar-refractivity contribution >= 4 is 0 Å². The lowest BCUT2D eigenvalue weighted by Crippen LogP contribution is -2.34. The lowest BCUT2D eigenvalue weighted by atomic mass is 9.61. The van der Waals surface area contributed by atoms with Crippen molar-refractivity contribution < 1.29 is 0 Å². The molecule has 0 N–H and O–H groups in total. The first-order chi connectivity index (χ1) is 27.7. The zero-order chi connectivity index (χ0) is 41.7. The van der Waals surface area contributed by atoms with Crippen molar-refractivity contribution in [1.29, 1.82) is 0 Å². The van der Waals surface area contributed by atoms with Crippen molar-refractivity contribution in [3.63, 3.8) is 0 Å². The molecule has 0 saturated heterocycles. The van der Waals surface area contributed by atoms with Crippen LogP contribution < -0.4 is 0 Å². The molecule has 1 heteroatoms. The third kappa shape index (κ3) is 11.5. The van der Waals surface area contributed by atoms with E-state index in [1.54, 1.807) is 0 Å². The molecule has 0 amide bonds. The molecule has 0 fully saturated rings. The zero-order valence-electron chi connectivity index (χ0n) is 37.6. The van der Waals surface area contributed by atoms with Crippen molar-refractivity contribution in [1.82, 2.24) is 4.90 Å². The number of benzene rings is 6. The fourth-order valence-corrected chi connectivity index (χ4v) is 8.05. The van der Waals surface area contributed by atoms with E-state index in [9.17, 15) is 0 Å². The maximum atomic E-state index is 2.36. The standard InChI is InChI=1S/C26H18.C17H19N.6C2H6.3CH4/c1-5-13-22-18(9-1)17-19-10-2-6-14-23(19)26(22)24-15-7-3-11-20(24)21-12-4-8-16-25(21)26;1-3-18(2)12-15-9-6-8-14-11-13-7-4-5-10-16(13)17(14)15;6*1-2;;;/h1-16H,17H2;4-10H,3,11-12H2,1-2H3;6*1-2H3;3*1H4. The van der Waals surface area contributed by atoms with Gasteiger partial charge in [0.2, 0.25) is 0 Å². The molecule has 322 valence electrons. The minimum atomic E-state index is -0.196. The number of hydrogen-bond donors (Lipinski definition) is 0. The van der Waals surface area contributed by atoms with E-state index in [4.69, 9.17) is 0 Å². The van der Waals surface area contributed by atoms with Gasteiger partial charge in [0.15, 0.2) is 0 Å². The molecular weight excluding hydrogens is 711 g/mol. The van der Waals surface area contributed by atoms with Crippen molar-refractivity contribution in [3.8, 4) is 22.3 Å². The molecule has 0 heterocycles. The largest absolute Gasteiger partial charge is 0.302 e. The van der Waals surface area contributed by atoms with Crippen molar-refractivity contribution in [3.05, 3.63) is 190 Å². The SMILES string of the molecule is C.C.C.CC.CC.CC.CC.CC.CC.CCN(C)Cc1cccc2c1-c1ccccc1C2.c1ccc2c(c1)Cc1ccccc1C21c2ccccc2-c2ccccc21. The zero-order valence-corrected chi connectivity index (χ0v) is 37.6. The summed E-state index contributed by atoms with van der Waals surface area (Å²) in [6, 6.07) is 51.5. The maximum absolute atomic E-state index is 2.36. The minimum Gasteiger partial charge on any atom is -0.302 e. The van der Waals surface area contributed by atoms with E-state index >= 15 is 0 Å². The highest BCUT2D eigenvalue weighted by molar-refractivity contribution is 5.87. The van der Waals surface area contributed by atoms with Gasteiger partial charge < -0.3 is 4.90 Å². The second-order valence-corrected chi connectivity index (χ2v) is 12.4. The van der Waals surface area contributed by atoms with Crippen LogP contribution in [-0.4, -0.2) is 18.5 Å². The predicted octanol–water partition coefficient (Wildman–Crippen LogP) is 17.7. The molecule has 1 nitrogen and oxygen atoms in total. The summed E-state index contributed by atoms with van der Waals surface area (Å²) >= 11 is 0. The normalized spacial score (nSPS) is 11.1. The number of hydrogen-bond acceptors (Lipinski definition) is 1. The Morgan fingerprint density at radius 3 is 1.17 bits per heavy atom. The summed E-state index contributed by atoms with van der Waals surface area (Å²) in [6.07, 6.45) is 2.10. The number of rotatable bonds is 3. The minimum absolute atomic E-state index is 0. The van der Waals surface area contributed by atoms with Gasteiger partial charge in [-0.25, -0.2) is 0 Å². The monoisotopic (exact) mass is 796 g/mol. The molecule has 0 aliphatic heterocycles. The fourth-order valence-electron chi connectivity index (χ4n) is 8.05. The topological polar surface area (TPSA) is 3.24 Å². The van der Waals surface area contributed by atoms with Crippen LogP contribution in [0.15, 0.2) is 140 Å². The fraction of sp³-hybridized carbons (Fsp3) is 0.379. The van der Waals surface area contributed by atoms with Gasteiger partial charge in [-0.05, 0) is 98.8 Å². The highest BCUT2D eigenvalue weighted by atomic mass is 15.1. The Labute approximate surface area is 366 Å². The first-order valence-corrected chi connectivity index (χ1v) is 21.9. The molecule has 0 bridgehead atoms. The second kappa shape index (κ2) is 29.5. The molecule has 0 aromatic heterocycles. The third-order valence-electron chi connectivity index (χ3n) is 10.1. The molecule has 0 radical (unpaired) electrons. The van der Waals surface area contributed by atoms with Crippen molar-refractivity contribution in [2.45, 2.75) is 137 Å². The van der Waals surface area contributed by atoms with Crippen LogP contribution in [0.25, 0.3) is 22.3 Å². The average Bonchev–Trinajstić information content (AvgIpc) is 3.83. The van der Waals surface area contributed by atoms with E-state index in [2.05, 4.69) is 158 Å². The quantitative estimate of drug-likeness (QED) is 0.172. The molecular formula is C58H85N. The molecule has 0 unspecified atom stereocenters. The van der Waals surface area contributed by atoms with Gasteiger partial charge >= 0.3 is 0 Å². The Bertz CT molecular complexity index is 1920. The second-order valence-electron chi connectivity index (χ2n) is 12.4. The Hall–Kier alpha value is -4.72. The lowest BCUT2D eigenvalue weighted by Gasteiger charge is -2.40. The van der Waals surface area contributed by atoms with Crippen LogP contribution in [0.4, 0.5) is 0 Å². The summed E-state index contributed by atoms with van der Waals surface area (Å²) in [5, 5.41) is 0. The molecule has 9 rings (SSSR count). The van der Waals surface area contributed by atoms with Gasteiger partial charge in [0.25, 0.3) is 0 Å². The highest BCUT2D eigenvalue weighted by Crippen LogP contribution is 2.59. The number of nitrogens with zero attached hydrogens (tertiary/aromatic N) is 1. The molecule has 3 aliphatic rings. The van der Waals surface area contributed by atoms with Gasteiger partial charge in [0.1, 0.15) is 0 Å². The van der Waals surface area contributed by atoms with Gasteiger partial charge in [0.05, 0.1) is 5.41 Å². The predicted molar refractivity (Wildman–Crippen MR) is 272 cm³/mol. The van der Waals surface area contributed by atoms with Crippen LogP contribution >= 0.6 is 0 Å². The van der Waals surface area contributed by atoms with Crippen LogP contribution in [-0.2, 0) is 24.8 Å². The van der Waals surface area contributed by atoms with Crippen LogP contribution in [0.5, 0.6) is 0 Å². The van der Waals surface area contributed by atoms with E-state index in [-0.39, 0.29) is 27.7 Å². The molecule has 59 heavy (non-hydrogen) atoms. The van der Waals surface area contributed by atoms with Crippen LogP contribution in [0, 0.1) is 0 Å². The van der Waals surface area contributed by atoms with Crippen LogP contribution in [0.1, 0.15) is 162 Å². The molecule has 0 atom stereocenters. The number of fused-ring (bicyclic) bond motifs is 12. The van der Waals surface area contributed by atoms with E-state index in [0.717, 1.165) is 25.9 Å². The molecule has 3 aliphatic carbocycles. The van der Waals surface area contributed by atoms with Crippen LogP contribution in [0.3, 0.4) is 0 Å². The Balaban J connectivity index is 0.